The molecular weight excluding hydrogens is 599 g/mol. The molecule has 2 heteroatoms. The average Bonchev–Trinajstić information content (AvgIpc) is 3.77. The predicted molar refractivity (Wildman–Crippen MR) is 202 cm³/mol. The van der Waals surface area contributed by atoms with E-state index in [1.165, 1.54) is 102 Å². The van der Waals surface area contributed by atoms with Gasteiger partial charge in [0.05, 0.1) is 11.0 Å². The standard InChI is InChI=1S/C46H35NS/c1-4-16-40-32(9-1)33-20-19-31(26-41(33)46(40)29-22-27-21-28(24-29)25-30(46)23-27)47-42-17-5-2-10-34(42)36-12-7-13-37(44(36)47)39-15-8-14-38-35-11-3-6-18-43(35)48-45(38)39/h1-20,26-30H,21-25H2. The highest BCUT2D eigenvalue weighted by molar-refractivity contribution is 7.26. The summed E-state index contributed by atoms with van der Waals surface area (Å²) in [4.78, 5) is 0. The van der Waals surface area contributed by atoms with Gasteiger partial charge in [-0.05, 0) is 102 Å². The van der Waals surface area contributed by atoms with Crippen LogP contribution in [0.4, 0.5) is 0 Å². The van der Waals surface area contributed by atoms with Crippen molar-refractivity contribution in [1.29, 1.82) is 0 Å². The highest BCUT2D eigenvalue weighted by atomic mass is 32.1. The Labute approximate surface area is 284 Å². The van der Waals surface area contributed by atoms with E-state index in [0.29, 0.717) is 0 Å². The van der Waals surface area contributed by atoms with Gasteiger partial charge in [0, 0.05) is 53.2 Å². The van der Waals surface area contributed by atoms with Gasteiger partial charge in [0.1, 0.15) is 0 Å². The van der Waals surface area contributed by atoms with Crippen molar-refractivity contribution in [1.82, 2.24) is 4.57 Å². The number of aromatic nitrogens is 1. The van der Waals surface area contributed by atoms with Crippen LogP contribution >= 0.6 is 11.3 Å². The van der Waals surface area contributed by atoms with Crippen LogP contribution in [-0.4, -0.2) is 4.57 Å². The van der Waals surface area contributed by atoms with Crippen molar-refractivity contribution in [2.45, 2.75) is 37.5 Å². The van der Waals surface area contributed by atoms with E-state index in [-0.39, 0.29) is 5.41 Å². The van der Waals surface area contributed by atoms with Crippen molar-refractivity contribution in [3.63, 3.8) is 0 Å². The highest BCUT2D eigenvalue weighted by Gasteiger charge is 2.61. The molecular formula is C46H35NS. The van der Waals surface area contributed by atoms with Gasteiger partial charge in [0.2, 0.25) is 0 Å². The summed E-state index contributed by atoms with van der Waals surface area (Å²) >= 11 is 1.93. The fourth-order valence-corrected chi connectivity index (χ4v) is 13.0. The first kappa shape index (κ1) is 26.3. The summed E-state index contributed by atoms with van der Waals surface area (Å²) in [6, 6.07) is 48.9. The van der Waals surface area contributed by atoms with Gasteiger partial charge >= 0.3 is 0 Å². The third kappa shape index (κ3) is 3.18. The molecule has 6 aromatic carbocycles. The molecule has 0 saturated heterocycles. The molecule has 0 aliphatic heterocycles. The van der Waals surface area contributed by atoms with E-state index in [1.54, 1.807) is 11.1 Å². The summed E-state index contributed by atoms with van der Waals surface area (Å²) < 4.78 is 5.34. The summed E-state index contributed by atoms with van der Waals surface area (Å²) in [5.41, 5.74) is 12.9. The molecule has 4 saturated carbocycles. The van der Waals surface area contributed by atoms with Gasteiger partial charge in [-0.25, -0.2) is 0 Å². The van der Waals surface area contributed by atoms with E-state index in [4.69, 9.17) is 0 Å². The molecule has 230 valence electrons. The Morgan fingerprint density at radius 1 is 0.500 bits per heavy atom. The number of hydrogen-bond donors (Lipinski definition) is 0. The third-order valence-corrected chi connectivity index (χ3v) is 14.4. The van der Waals surface area contributed by atoms with Crippen molar-refractivity contribution in [2.75, 3.05) is 0 Å². The summed E-state index contributed by atoms with van der Waals surface area (Å²) in [7, 11) is 0. The number of fused-ring (bicyclic) bond motifs is 9. The lowest BCUT2D eigenvalue weighted by Gasteiger charge is -2.61. The lowest BCUT2D eigenvalue weighted by Crippen LogP contribution is -2.55. The Kier molecular flexibility index (Phi) is 5.08. The van der Waals surface area contributed by atoms with E-state index in [0.717, 1.165) is 23.7 Å². The Hall–Kier alpha value is -4.66. The molecule has 0 N–H and O–H groups in total. The van der Waals surface area contributed by atoms with Gasteiger partial charge in [-0.3, -0.25) is 0 Å². The molecule has 8 aromatic rings. The molecule has 1 nitrogen and oxygen atoms in total. The maximum absolute atomic E-state index is 2.65. The molecule has 4 bridgehead atoms. The van der Waals surface area contributed by atoms with Crippen LogP contribution in [0.3, 0.4) is 0 Å². The van der Waals surface area contributed by atoms with Gasteiger partial charge in [0.15, 0.2) is 0 Å². The first-order valence-electron chi connectivity index (χ1n) is 17.9. The molecule has 13 rings (SSSR count). The molecule has 1 spiro atoms. The quantitative estimate of drug-likeness (QED) is 0.178. The van der Waals surface area contributed by atoms with E-state index >= 15 is 0 Å². The fourth-order valence-electron chi connectivity index (χ4n) is 11.7. The van der Waals surface area contributed by atoms with Crippen LogP contribution in [0.15, 0.2) is 127 Å². The van der Waals surface area contributed by atoms with E-state index in [9.17, 15) is 0 Å². The minimum atomic E-state index is 0.152. The Morgan fingerprint density at radius 3 is 2.00 bits per heavy atom. The first-order chi connectivity index (χ1) is 23.8. The third-order valence-electron chi connectivity index (χ3n) is 13.2. The number of nitrogens with zero attached hydrogens (tertiary/aromatic N) is 1. The molecule has 4 fully saturated rings. The lowest BCUT2D eigenvalue weighted by atomic mass is 9.43. The number of rotatable bonds is 2. The second kappa shape index (κ2) is 9.27. The molecule has 2 heterocycles. The molecule has 5 aliphatic rings. The van der Waals surface area contributed by atoms with Gasteiger partial charge in [-0.15, -0.1) is 11.3 Å². The maximum Gasteiger partial charge on any atom is 0.0619 e. The highest BCUT2D eigenvalue weighted by Crippen LogP contribution is 2.69. The predicted octanol–water partition coefficient (Wildman–Crippen LogP) is 12.5. The maximum atomic E-state index is 2.65. The molecule has 5 aliphatic carbocycles. The van der Waals surface area contributed by atoms with Crippen LogP contribution in [0, 0.1) is 23.7 Å². The lowest BCUT2D eigenvalue weighted by molar-refractivity contribution is -0.0399. The molecule has 0 atom stereocenters. The molecule has 2 aromatic heterocycles. The smallest absolute Gasteiger partial charge is 0.0619 e. The molecule has 48 heavy (non-hydrogen) atoms. The van der Waals surface area contributed by atoms with Crippen molar-refractivity contribution < 1.29 is 0 Å². The molecule has 0 unspecified atom stereocenters. The van der Waals surface area contributed by atoms with Gasteiger partial charge in [-0.1, -0.05) is 103 Å². The van der Waals surface area contributed by atoms with Gasteiger partial charge < -0.3 is 4.57 Å². The zero-order valence-corrected chi connectivity index (χ0v) is 27.6. The van der Waals surface area contributed by atoms with E-state index < -0.39 is 0 Å². The fraction of sp³-hybridized carbons (Fsp3) is 0.217. The van der Waals surface area contributed by atoms with Crippen LogP contribution < -0.4 is 0 Å². The summed E-state index contributed by atoms with van der Waals surface area (Å²) in [6.45, 7) is 0. The average molecular weight is 634 g/mol. The second-order valence-electron chi connectivity index (χ2n) is 15.3. The topological polar surface area (TPSA) is 4.93 Å². The number of benzene rings is 6. The number of hydrogen-bond acceptors (Lipinski definition) is 1. The van der Waals surface area contributed by atoms with Crippen molar-refractivity contribution >= 4 is 53.3 Å². The summed E-state index contributed by atoms with van der Waals surface area (Å²) in [6.07, 6.45) is 7.11. The summed E-state index contributed by atoms with van der Waals surface area (Å²) in [5.74, 6) is 3.39. The van der Waals surface area contributed by atoms with Crippen molar-refractivity contribution in [3.8, 4) is 27.9 Å². The van der Waals surface area contributed by atoms with Crippen LogP contribution in [0.1, 0.15) is 43.2 Å². The zero-order valence-electron chi connectivity index (χ0n) is 26.8. The Morgan fingerprint density at radius 2 is 1.15 bits per heavy atom. The first-order valence-corrected chi connectivity index (χ1v) is 18.8. The molecule has 0 radical (unpaired) electrons. The molecule has 0 amide bonds. The Bertz CT molecular complexity index is 2620. The largest absolute Gasteiger partial charge is 0.309 e. The minimum absolute atomic E-state index is 0.152. The second-order valence-corrected chi connectivity index (χ2v) is 16.3. The normalized spacial score (nSPS) is 25.2. The van der Waals surface area contributed by atoms with E-state index in [2.05, 4.69) is 132 Å². The van der Waals surface area contributed by atoms with Gasteiger partial charge in [0.25, 0.3) is 0 Å². The van der Waals surface area contributed by atoms with Gasteiger partial charge in [-0.2, -0.15) is 0 Å². The number of thiophene rings is 1. The van der Waals surface area contributed by atoms with Crippen molar-refractivity contribution in [3.05, 3.63) is 139 Å². The van der Waals surface area contributed by atoms with Crippen LogP contribution in [0.2, 0.25) is 0 Å². The monoisotopic (exact) mass is 633 g/mol. The minimum Gasteiger partial charge on any atom is -0.309 e. The van der Waals surface area contributed by atoms with Crippen LogP contribution in [-0.2, 0) is 5.41 Å². The Balaban J connectivity index is 1.16. The summed E-state index contributed by atoms with van der Waals surface area (Å²) in [5, 5.41) is 5.36. The van der Waals surface area contributed by atoms with Crippen LogP contribution in [0.5, 0.6) is 0 Å². The van der Waals surface area contributed by atoms with E-state index in [1.807, 2.05) is 11.3 Å². The zero-order chi connectivity index (χ0) is 31.1. The van der Waals surface area contributed by atoms with Crippen molar-refractivity contribution in [2.24, 2.45) is 23.7 Å². The van der Waals surface area contributed by atoms with Crippen LogP contribution in [0.25, 0.3) is 69.9 Å². The SMILES string of the molecule is c1ccc2c(c1)-c1ccc(-n3c4ccccc4c4cccc(-c5cccc6c5sc5ccccc56)c43)cc1C21C2CC3CC(C2)CC1C3. The number of para-hydroxylation sites is 2.